The van der Waals surface area contributed by atoms with Crippen LogP contribution in [0.2, 0.25) is 0 Å². The quantitative estimate of drug-likeness (QED) is 0.861. The van der Waals surface area contributed by atoms with Crippen LogP contribution in [0.4, 0.5) is 0 Å². The zero-order valence-electron chi connectivity index (χ0n) is 13.1. The molecule has 0 spiro atoms. The van der Waals surface area contributed by atoms with Crippen molar-refractivity contribution >= 4 is 0 Å². The molecule has 1 fully saturated rings. The van der Waals surface area contributed by atoms with Gasteiger partial charge in [-0.1, -0.05) is 32.1 Å². The second kappa shape index (κ2) is 7.11. The van der Waals surface area contributed by atoms with E-state index in [1.54, 1.807) is 13.3 Å². The van der Waals surface area contributed by atoms with E-state index in [4.69, 9.17) is 10.5 Å². The van der Waals surface area contributed by atoms with E-state index in [-0.39, 0.29) is 6.04 Å². The second-order valence-electron chi connectivity index (χ2n) is 6.32. The van der Waals surface area contributed by atoms with Crippen LogP contribution in [0.1, 0.15) is 76.6 Å². The van der Waals surface area contributed by atoms with Crippen molar-refractivity contribution < 1.29 is 4.74 Å². The van der Waals surface area contributed by atoms with Crippen LogP contribution >= 0.6 is 0 Å². The molecule has 0 aromatic carbocycles. The molecular weight excluding hydrogens is 250 g/mol. The van der Waals surface area contributed by atoms with Crippen LogP contribution in [-0.4, -0.2) is 16.9 Å². The molecule has 4 heteroatoms. The lowest BCUT2D eigenvalue weighted by atomic mass is 9.85. The van der Waals surface area contributed by atoms with E-state index in [9.17, 15) is 0 Å². The fraction of sp³-hybridized carbons (Fsp3) is 0.812. The molecule has 0 bridgehead atoms. The predicted octanol–water partition coefficient (Wildman–Crippen LogP) is 3.83. The van der Waals surface area contributed by atoms with E-state index in [1.807, 2.05) is 4.68 Å². The summed E-state index contributed by atoms with van der Waals surface area (Å²) in [6.45, 7) is 4.26. The maximum absolute atomic E-state index is 6.43. The molecule has 0 radical (unpaired) electrons. The highest BCUT2D eigenvalue weighted by Gasteiger charge is 2.22. The summed E-state index contributed by atoms with van der Waals surface area (Å²) in [5, 5.41) is 4.41. The van der Waals surface area contributed by atoms with E-state index in [0.717, 1.165) is 23.8 Å². The monoisotopic (exact) mass is 279 g/mol. The predicted molar refractivity (Wildman–Crippen MR) is 81.9 cm³/mol. The van der Waals surface area contributed by atoms with Crippen LogP contribution in [-0.2, 0) is 0 Å². The number of hydrogen-bond donors (Lipinski definition) is 1. The zero-order chi connectivity index (χ0) is 14.5. The summed E-state index contributed by atoms with van der Waals surface area (Å²) >= 11 is 0. The molecule has 1 aliphatic carbocycles. The molecule has 1 aliphatic rings. The van der Waals surface area contributed by atoms with Crippen LogP contribution < -0.4 is 10.5 Å². The first-order valence-electron chi connectivity index (χ1n) is 8.00. The fourth-order valence-electron chi connectivity index (χ4n) is 3.31. The van der Waals surface area contributed by atoms with Gasteiger partial charge in [0.15, 0.2) is 5.75 Å². The minimum atomic E-state index is 0.0248. The van der Waals surface area contributed by atoms with Gasteiger partial charge in [-0.15, -0.1) is 0 Å². The number of rotatable bonds is 6. The topological polar surface area (TPSA) is 53.1 Å². The van der Waals surface area contributed by atoms with Gasteiger partial charge in [0.2, 0.25) is 0 Å². The van der Waals surface area contributed by atoms with E-state index in [1.165, 1.54) is 38.5 Å². The van der Waals surface area contributed by atoms with Gasteiger partial charge in [-0.05, 0) is 32.6 Å². The molecule has 2 rings (SSSR count). The Morgan fingerprint density at radius 1 is 1.35 bits per heavy atom. The Labute approximate surface area is 122 Å². The first-order chi connectivity index (χ1) is 9.63. The third-order valence-corrected chi connectivity index (χ3v) is 4.47. The summed E-state index contributed by atoms with van der Waals surface area (Å²) in [6.07, 6.45) is 11.0. The van der Waals surface area contributed by atoms with Crippen molar-refractivity contribution in [2.45, 2.75) is 70.9 Å². The van der Waals surface area contributed by atoms with E-state index in [0.29, 0.717) is 6.04 Å². The number of methoxy groups -OCH3 is 1. The molecule has 1 heterocycles. The van der Waals surface area contributed by atoms with Crippen molar-refractivity contribution in [3.8, 4) is 5.75 Å². The summed E-state index contributed by atoms with van der Waals surface area (Å²) in [6, 6.07) is 0.339. The average molecular weight is 279 g/mol. The minimum Gasteiger partial charge on any atom is -0.493 e. The number of nitrogens with two attached hydrogens (primary N) is 1. The molecule has 1 aromatic heterocycles. The van der Waals surface area contributed by atoms with Gasteiger partial charge in [0.05, 0.1) is 25.0 Å². The number of hydrogen-bond acceptors (Lipinski definition) is 3. The first-order valence-corrected chi connectivity index (χ1v) is 8.00. The number of nitrogens with zero attached hydrogens (tertiary/aromatic N) is 2. The maximum Gasteiger partial charge on any atom is 0.161 e. The van der Waals surface area contributed by atoms with Crippen LogP contribution in [0.25, 0.3) is 0 Å². The third kappa shape index (κ3) is 3.54. The molecular formula is C16H29N3O. The summed E-state index contributed by atoms with van der Waals surface area (Å²) in [5.74, 6) is 1.70. The largest absolute Gasteiger partial charge is 0.493 e. The number of aromatic nitrogens is 2. The van der Waals surface area contributed by atoms with Gasteiger partial charge in [0.1, 0.15) is 0 Å². The molecule has 2 N–H and O–H groups in total. The molecule has 0 aliphatic heterocycles. The Kier molecular flexibility index (Phi) is 5.46. The van der Waals surface area contributed by atoms with Gasteiger partial charge >= 0.3 is 0 Å². The summed E-state index contributed by atoms with van der Waals surface area (Å²) < 4.78 is 7.43. The fourth-order valence-corrected chi connectivity index (χ4v) is 3.31. The minimum absolute atomic E-state index is 0.0248. The van der Waals surface area contributed by atoms with Gasteiger partial charge in [0.25, 0.3) is 0 Å². The molecule has 1 unspecified atom stereocenters. The normalized spacial score (nSPS) is 18.4. The van der Waals surface area contributed by atoms with Gasteiger partial charge in [0, 0.05) is 6.04 Å². The van der Waals surface area contributed by atoms with Crippen molar-refractivity contribution in [2.24, 2.45) is 11.7 Å². The number of ether oxygens (including phenoxy) is 1. The second-order valence-corrected chi connectivity index (χ2v) is 6.32. The van der Waals surface area contributed by atoms with Crippen molar-refractivity contribution in [1.82, 2.24) is 9.78 Å². The van der Waals surface area contributed by atoms with Crippen molar-refractivity contribution in [3.05, 3.63) is 11.9 Å². The van der Waals surface area contributed by atoms with E-state index >= 15 is 0 Å². The molecule has 1 atom stereocenters. The molecule has 1 aromatic rings. The van der Waals surface area contributed by atoms with E-state index < -0.39 is 0 Å². The molecule has 0 amide bonds. The third-order valence-electron chi connectivity index (χ3n) is 4.47. The van der Waals surface area contributed by atoms with E-state index in [2.05, 4.69) is 18.9 Å². The van der Waals surface area contributed by atoms with Gasteiger partial charge in [-0.3, -0.25) is 4.68 Å². The van der Waals surface area contributed by atoms with Crippen LogP contribution in [0.15, 0.2) is 6.20 Å². The van der Waals surface area contributed by atoms with Crippen molar-refractivity contribution in [1.29, 1.82) is 0 Å². The SMILES string of the molecule is COc1cnn(C(C)C)c1C(N)CCC1CCCCC1. The van der Waals surface area contributed by atoms with Gasteiger partial charge in [-0.2, -0.15) is 5.10 Å². The standard InChI is InChI=1S/C16H29N3O/c1-12(2)19-16(15(20-3)11-18-19)14(17)10-9-13-7-5-4-6-8-13/h11-14H,4-10,17H2,1-3H3. The highest BCUT2D eigenvalue weighted by atomic mass is 16.5. The molecule has 114 valence electrons. The Balaban J connectivity index is 2.00. The Hall–Kier alpha value is -1.03. The summed E-state index contributed by atoms with van der Waals surface area (Å²) in [5.41, 5.74) is 7.48. The lowest BCUT2D eigenvalue weighted by molar-refractivity contribution is 0.317. The average Bonchev–Trinajstić information content (AvgIpc) is 2.90. The lowest BCUT2D eigenvalue weighted by Crippen LogP contribution is -2.20. The van der Waals surface area contributed by atoms with Crippen molar-refractivity contribution in [3.63, 3.8) is 0 Å². The Morgan fingerprint density at radius 2 is 2.05 bits per heavy atom. The molecule has 4 nitrogen and oxygen atoms in total. The Morgan fingerprint density at radius 3 is 2.65 bits per heavy atom. The molecule has 20 heavy (non-hydrogen) atoms. The molecule has 0 saturated heterocycles. The highest BCUT2D eigenvalue weighted by molar-refractivity contribution is 5.28. The van der Waals surface area contributed by atoms with Crippen molar-refractivity contribution in [2.75, 3.05) is 7.11 Å². The zero-order valence-corrected chi connectivity index (χ0v) is 13.1. The highest BCUT2D eigenvalue weighted by Crippen LogP contribution is 2.33. The Bertz CT molecular complexity index is 408. The maximum atomic E-state index is 6.43. The molecule has 1 saturated carbocycles. The lowest BCUT2D eigenvalue weighted by Gasteiger charge is -2.24. The van der Waals surface area contributed by atoms with Crippen LogP contribution in [0.3, 0.4) is 0 Å². The summed E-state index contributed by atoms with van der Waals surface area (Å²) in [4.78, 5) is 0. The first kappa shape index (κ1) is 15.4. The van der Waals surface area contributed by atoms with Gasteiger partial charge in [-0.25, -0.2) is 0 Å². The van der Waals surface area contributed by atoms with Crippen LogP contribution in [0.5, 0.6) is 5.75 Å². The summed E-state index contributed by atoms with van der Waals surface area (Å²) in [7, 11) is 1.69. The smallest absolute Gasteiger partial charge is 0.161 e. The van der Waals surface area contributed by atoms with Gasteiger partial charge < -0.3 is 10.5 Å². The van der Waals surface area contributed by atoms with Crippen LogP contribution in [0, 0.1) is 5.92 Å².